The monoisotopic (exact) mass is 379 g/mol. The number of rotatable bonds is 3. The second-order valence-electron chi connectivity index (χ2n) is 6.65. The molecule has 1 aromatic heterocycles. The number of carbonyl (C=O) groups is 1. The van der Waals surface area contributed by atoms with Crippen molar-refractivity contribution in [3.63, 3.8) is 0 Å². The minimum atomic E-state index is -0.156. The molecule has 1 aliphatic heterocycles. The van der Waals surface area contributed by atoms with Crippen molar-refractivity contribution in [3.05, 3.63) is 45.3 Å². The van der Waals surface area contributed by atoms with Gasteiger partial charge in [0, 0.05) is 30.4 Å². The van der Waals surface area contributed by atoms with Crippen LogP contribution < -0.4 is 10.2 Å². The molecule has 1 saturated heterocycles. The zero-order valence-electron chi connectivity index (χ0n) is 13.7. The second-order valence-corrected chi connectivity index (χ2v) is 7.46. The lowest BCUT2D eigenvalue weighted by Gasteiger charge is -2.19. The Bertz CT molecular complexity index is 806. The van der Waals surface area contributed by atoms with E-state index < -0.39 is 0 Å². The van der Waals surface area contributed by atoms with Crippen LogP contribution in [-0.4, -0.2) is 30.2 Å². The van der Waals surface area contributed by atoms with Crippen LogP contribution in [0.3, 0.4) is 0 Å². The van der Waals surface area contributed by atoms with E-state index in [1.807, 2.05) is 12.1 Å². The Hall–Kier alpha value is -1.72. The number of halogens is 2. The molecule has 1 N–H and O–H groups in total. The first-order valence-electron chi connectivity index (χ1n) is 8.60. The molecule has 2 aliphatic rings. The summed E-state index contributed by atoms with van der Waals surface area (Å²) in [5, 5.41) is 8.23. The smallest absolute Gasteiger partial charge is 0.290 e. The lowest BCUT2D eigenvalue weighted by Crippen LogP contribution is -2.37. The topological polar surface area (TPSA) is 58.4 Å². The first-order chi connectivity index (χ1) is 12.1. The normalized spacial score (nSPS) is 19.8. The number of nitrogens with zero attached hydrogens (tertiary/aromatic N) is 2. The molecule has 1 amide bonds. The van der Waals surface area contributed by atoms with Gasteiger partial charge in [-0.1, -0.05) is 28.4 Å². The maximum absolute atomic E-state index is 12.6. The molecule has 2 aromatic rings. The van der Waals surface area contributed by atoms with E-state index in [9.17, 15) is 4.79 Å². The summed E-state index contributed by atoms with van der Waals surface area (Å²) in [6.07, 6.45) is 4.86. The molecular weight excluding hydrogens is 361 g/mol. The van der Waals surface area contributed by atoms with Crippen LogP contribution in [0.1, 0.15) is 41.1 Å². The molecule has 1 fully saturated rings. The molecule has 2 heterocycles. The summed E-state index contributed by atoms with van der Waals surface area (Å²) in [7, 11) is 0. The number of anilines is 1. The first kappa shape index (κ1) is 16.7. The molecule has 132 valence electrons. The van der Waals surface area contributed by atoms with Crippen molar-refractivity contribution in [2.24, 2.45) is 0 Å². The fourth-order valence-electron chi connectivity index (χ4n) is 3.61. The van der Waals surface area contributed by atoms with Crippen molar-refractivity contribution in [1.29, 1.82) is 0 Å². The highest BCUT2D eigenvalue weighted by Gasteiger charge is 2.29. The Balaban J connectivity index is 1.41. The Morgan fingerprint density at radius 3 is 2.92 bits per heavy atom. The molecule has 4 rings (SSSR count). The minimum Gasteiger partial charge on any atom is -0.369 e. The highest BCUT2D eigenvalue weighted by Crippen LogP contribution is 2.29. The molecule has 1 atom stereocenters. The second kappa shape index (κ2) is 6.89. The van der Waals surface area contributed by atoms with Crippen molar-refractivity contribution < 1.29 is 9.32 Å². The zero-order chi connectivity index (χ0) is 17.4. The third kappa shape index (κ3) is 3.35. The van der Waals surface area contributed by atoms with Gasteiger partial charge in [-0.05, 0) is 50.3 Å². The summed E-state index contributed by atoms with van der Waals surface area (Å²) in [6.45, 7) is 1.59. The molecule has 5 nitrogen and oxygen atoms in total. The van der Waals surface area contributed by atoms with E-state index in [0.29, 0.717) is 15.8 Å². The van der Waals surface area contributed by atoms with Gasteiger partial charge < -0.3 is 14.7 Å². The summed E-state index contributed by atoms with van der Waals surface area (Å²) in [5.41, 5.74) is 2.95. The molecule has 1 aromatic carbocycles. The minimum absolute atomic E-state index is 0.0753. The van der Waals surface area contributed by atoms with Gasteiger partial charge >= 0.3 is 0 Å². The van der Waals surface area contributed by atoms with Gasteiger partial charge in [-0.15, -0.1) is 0 Å². The van der Waals surface area contributed by atoms with E-state index in [2.05, 4.69) is 15.4 Å². The number of hydrogen-bond donors (Lipinski definition) is 1. The van der Waals surface area contributed by atoms with Gasteiger partial charge in [0.15, 0.2) is 0 Å². The average Bonchev–Trinajstić information content (AvgIpc) is 3.24. The molecule has 0 saturated carbocycles. The lowest BCUT2D eigenvalue weighted by molar-refractivity contribution is 0.0902. The van der Waals surface area contributed by atoms with Crippen molar-refractivity contribution in [2.45, 2.75) is 38.1 Å². The van der Waals surface area contributed by atoms with E-state index in [4.69, 9.17) is 27.7 Å². The quantitative estimate of drug-likeness (QED) is 0.878. The standard InChI is InChI=1S/C18H19Cl2N3O2/c19-14-6-5-12(9-15(14)20)23-8-7-11(10-23)21-18(24)17-13-3-1-2-4-16(13)22-25-17/h5-6,9,11H,1-4,7-8,10H2,(H,21,24). The van der Waals surface area contributed by atoms with Gasteiger partial charge in [-0.2, -0.15) is 0 Å². The third-order valence-corrected chi connectivity index (χ3v) is 5.70. The van der Waals surface area contributed by atoms with Crippen LogP contribution >= 0.6 is 23.2 Å². The average molecular weight is 380 g/mol. The Kier molecular flexibility index (Phi) is 4.61. The molecule has 25 heavy (non-hydrogen) atoms. The van der Waals surface area contributed by atoms with E-state index in [1.165, 1.54) is 0 Å². The highest BCUT2D eigenvalue weighted by atomic mass is 35.5. The lowest BCUT2D eigenvalue weighted by atomic mass is 9.96. The van der Waals surface area contributed by atoms with E-state index >= 15 is 0 Å². The van der Waals surface area contributed by atoms with E-state index in [-0.39, 0.29) is 11.9 Å². The van der Waals surface area contributed by atoms with Gasteiger partial charge in [0.1, 0.15) is 0 Å². The number of hydrogen-bond acceptors (Lipinski definition) is 4. The number of carbonyl (C=O) groups excluding carboxylic acids is 1. The predicted octanol–water partition coefficient (Wildman–Crippen LogP) is 3.87. The van der Waals surface area contributed by atoms with Crippen LogP contribution in [0.25, 0.3) is 0 Å². The molecule has 7 heteroatoms. The zero-order valence-corrected chi connectivity index (χ0v) is 15.2. The number of benzene rings is 1. The Morgan fingerprint density at radius 2 is 2.08 bits per heavy atom. The van der Waals surface area contributed by atoms with Crippen molar-refractivity contribution in [1.82, 2.24) is 10.5 Å². The van der Waals surface area contributed by atoms with Crippen LogP contribution in [0, 0.1) is 0 Å². The summed E-state index contributed by atoms with van der Waals surface area (Å²) in [4.78, 5) is 14.8. The largest absolute Gasteiger partial charge is 0.369 e. The Labute approximate surface area is 156 Å². The molecule has 1 unspecified atom stereocenters. The summed E-state index contributed by atoms with van der Waals surface area (Å²) >= 11 is 12.1. The van der Waals surface area contributed by atoms with Gasteiger partial charge in [0.05, 0.1) is 15.7 Å². The molecular formula is C18H19Cl2N3O2. The van der Waals surface area contributed by atoms with Crippen LogP contribution in [0.4, 0.5) is 5.69 Å². The predicted molar refractivity (Wildman–Crippen MR) is 97.7 cm³/mol. The van der Waals surface area contributed by atoms with Gasteiger partial charge in [-0.25, -0.2) is 0 Å². The first-order valence-corrected chi connectivity index (χ1v) is 9.35. The van der Waals surface area contributed by atoms with Crippen LogP contribution in [-0.2, 0) is 12.8 Å². The van der Waals surface area contributed by atoms with Gasteiger partial charge in [-0.3, -0.25) is 4.79 Å². The fourth-order valence-corrected chi connectivity index (χ4v) is 3.91. The van der Waals surface area contributed by atoms with Gasteiger partial charge in [0.25, 0.3) is 5.91 Å². The summed E-state index contributed by atoms with van der Waals surface area (Å²) in [5.74, 6) is 0.235. The number of aryl methyl sites for hydroxylation is 1. The SMILES string of the molecule is O=C(NC1CCN(c2ccc(Cl)c(Cl)c2)C1)c1onc2c1CCCC2. The molecule has 0 spiro atoms. The maximum atomic E-state index is 12.6. The maximum Gasteiger partial charge on any atom is 0.290 e. The molecule has 0 radical (unpaired) electrons. The third-order valence-electron chi connectivity index (χ3n) is 4.96. The van der Waals surface area contributed by atoms with E-state index in [1.54, 1.807) is 6.07 Å². The number of aromatic nitrogens is 1. The van der Waals surface area contributed by atoms with E-state index in [0.717, 1.165) is 62.1 Å². The Morgan fingerprint density at radius 1 is 1.24 bits per heavy atom. The molecule has 0 bridgehead atoms. The van der Waals surface area contributed by atoms with Crippen molar-refractivity contribution in [2.75, 3.05) is 18.0 Å². The van der Waals surface area contributed by atoms with Crippen LogP contribution in [0.2, 0.25) is 10.0 Å². The highest BCUT2D eigenvalue weighted by molar-refractivity contribution is 6.42. The molecule has 1 aliphatic carbocycles. The number of amides is 1. The fraction of sp³-hybridized carbons (Fsp3) is 0.444. The summed E-state index contributed by atoms with van der Waals surface area (Å²) < 4.78 is 5.32. The van der Waals surface area contributed by atoms with Crippen molar-refractivity contribution >= 4 is 34.8 Å². The van der Waals surface area contributed by atoms with Crippen molar-refractivity contribution in [3.8, 4) is 0 Å². The van der Waals surface area contributed by atoms with Gasteiger partial charge in [0.2, 0.25) is 5.76 Å². The van der Waals surface area contributed by atoms with Crippen LogP contribution in [0.15, 0.2) is 22.7 Å². The van der Waals surface area contributed by atoms with Crippen LogP contribution in [0.5, 0.6) is 0 Å². The number of fused-ring (bicyclic) bond motifs is 1. The summed E-state index contributed by atoms with van der Waals surface area (Å²) in [6, 6.07) is 5.68. The number of nitrogens with one attached hydrogen (secondary N) is 1.